The van der Waals surface area contributed by atoms with Crippen molar-refractivity contribution in [2.75, 3.05) is 13.1 Å². The zero-order valence-electron chi connectivity index (χ0n) is 16.5. The molecule has 2 aromatic carbocycles. The standard InChI is InChI=1S/C24H26N2O2/c1-3-23(27)26-13-11-22(12-14-26)28-21-9-7-18(8-10-21)20-15-19-6-4-5-17(2)24(19)25-16-20/h4-10,15-16,22H,3,11-14H2,1-2H3. The molecule has 1 saturated heterocycles. The maximum atomic E-state index is 11.8. The molecule has 0 saturated carbocycles. The van der Waals surface area contributed by atoms with Gasteiger partial charge < -0.3 is 9.64 Å². The molecule has 0 aliphatic carbocycles. The zero-order chi connectivity index (χ0) is 19.5. The van der Waals surface area contributed by atoms with Gasteiger partial charge in [-0.2, -0.15) is 0 Å². The molecule has 3 aromatic rings. The van der Waals surface area contributed by atoms with Crippen LogP contribution in [-0.2, 0) is 4.79 Å². The molecule has 4 nitrogen and oxygen atoms in total. The third-order valence-corrected chi connectivity index (χ3v) is 5.50. The molecule has 1 amide bonds. The van der Waals surface area contributed by atoms with Crippen LogP contribution in [0.25, 0.3) is 22.0 Å². The molecule has 28 heavy (non-hydrogen) atoms. The summed E-state index contributed by atoms with van der Waals surface area (Å²) in [7, 11) is 0. The Labute approximate surface area is 166 Å². The molecule has 0 spiro atoms. The summed E-state index contributed by atoms with van der Waals surface area (Å²) in [6, 6.07) is 16.7. The number of likely N-dealkylation sites (tertiary alicyclic amines) is 1. The Morgan fingerprint density at radius 2 is 1.86 bits per heavy atom. The highest BCUT2D eigenvalue weighted by molar-refractivity contribution is 5.85. The summed E-state index contributed by atoms with van der Waals surface area (Å²) < 4.78 is 6.14. The van der Waals surface area contributed by atoms with Gasteiger partial charge in [0.05, 0.1) is 5.52 Å². The first-order chi connectivity index (χ1) is 13.6. The van der Waals surface area contributed by atoms with Crippen molar-refractivity contribution in [3.63, 3.8) is 0 Å². The van der Waals surface area contributed by atoms with E-state index in [1.165, 1.54) is 5.56 Å². The summed E-state index contributed by atoms with van der Waals surface area (Å²) in [5, 5.41) is 1.16. The quantitative estimate of drug-likeness (QED) is 0.646. The number of aromatic nitrogens is 1. The van der Waals surface area contributed by atoms with E-state index in [1.54, 1.807) is 0 Å². The highest BCUT2D eigenvalue weighted by Gasteiger charge is 2.22. The number of nitrogens with zero attached hydrogens (tertiary/aromatic N) is 2. The second-order valence-electron chi connectivity index (χ2n) is 7.45. The van der Waals surface area contributed by atoms with E-state index in [1.807, 2.05) is 30.2 Å². The lowest BCUT2D eigenvalue weighted by molar-refractivity contribution is -0.132. The normalized spacial score (nSPS) is 15.0. The molecule has 0 N–H and O–H groups in total. The number of fused-ring (bicyclic) bond motifs is 1. The number of rotatable bonds is 4. The van der Waals surface area contributed by atoms with Gasteiger partial charge in [0.25, 0.3) is 0 Å². The third kappa shape index (κ3) is 3.86. The number of amides is 1. The van der Waals surface area contributed by atoms with Crippen molar-refractivity contribution in [2.24, 2.45) is 0 Å². The molecule has 0 radical (unpaired) electrons. The second-order valence-corrected chi connectivity index (χ2v) is 7.45. The average Bonchev–Trinajstić information content (AvgIpc) is 2.74. The van der Waals surface area contributed by atoms with E-state index in [9.17, 15) is 4.79 Å². The lowest BCUT2D eigenvalue weighted by Gasteiger charge is -2.32. The fraction of sp³-hybridized carbons (Fsp3) is 0.333. The van der Waals surface area contributed by atoms with Crippen LogP contribution in [0.2, 0.25) is 0 Å². The maximum Gasteiger partial charge on any atom is 0.222 e. The van der Waals surface area contributed by atoms with Crippen LogP contribution < -0.4 is 4.74 Å². The van der Waals surface area contributed by atoms with E-state index in [-0.39, 0.29) is 12.0 Å². The molecule has 1 aromatic heterocycles. The minimum atomic E-state index is 0.178. The summed E-state index contributed by atoms with van der Waals surface area (Å²) >= 11 is 0. The summed E-state index contributed by atoms with van der Waals surface area (Å²) in [5.41, 5.74) is 4.49. The average molecular weight is 374 g/mol. The van der Waals surface area contributed by atoms with Crippen molar-refractivity contribution in [2.45, 2.75) is 39.2 Å². The van der Waals surface area contributed by atoms with Gasteiger partial charge in [-0.25, -0.2) is 0 Å². The number of aryl methyl sites for hydroxylation is 1. The van der Waals surface area contributed by atoms with E-state index in [0.29, 0.717) is 6.42 Å². The van der Waals surface area contributed by atoms with Gasteiger partial charge >= 0.3 is 0 Å². The number of pyridine rings is 1. The number of piperidine rings is 1. The molecule has 144 valence electrons. The van der Waals surface area contributed by atoms with Crippen molar-refractivity contribution in [1.29, 1.82) is 0 Å². The van der Waals surface area contributed by atoms with E-state index >= 15 is 0 Å². The van der Waals surface area contributed by atoms with Crippen LogP contribution in [0.15, 0.2) is 54.7 Å². The largest absolute Gasteiger partial charge is 0.490 e. The first-order valence-electron chi connectivity index (χ1n) is 10.0. The minimum absolute atomic E-state index is 0.178. The Morgan fingerprint density at radius 3 is 2.57 bits per heavy atom. The summed E-state index contributed by atoms with van der Waals surface area (Å²) in [5.74, 6) is 1.12. The Bertz CT molecular complexity index is 974. The van der Waals surface area contributed by atoms with E-state index in [2.05, 4.69) is 48.3 Å². The van der Waals surface area contributed by atoms with Gasteiger partial charge in [0.1, 0.15) is 11.9 Å². The van der Waals surface area contributed by atoms with E-state index in [4.69, 9.17) is 4.74 Å². The number of ether oxygens (including phenoxy) is 1. The maximum absolute atomic E-state index is 11.8. The number of benzene rings is 2. The summed E-state index contributed by atoms with van der Waals surface area (Å²) in [6.45, 7) is 5.58. The molecule has 4 heteroatoms. The van der Waals surface area contributed by atoms with Gasteiger partial charge in [-0.15, -0.1) is 0 Å². The number of para-hydroxylation sites is 1. The van der Waals surface area contributed by atoms with Crippen LogP contribution in [-0.4, -0.2) is 35.0 Å². The predicted molar refractivity (Wildman–Crippen MR) is 112 cm³/mol. The van der Waals surface area contributed by atoms with Crippen LogP contribution in [0.4, 0.5) is 0 Å². The van der Waals surface area contributed by atoms with Crippen molar-refractivity contribution in [3.8, 4) is 16.9 Å². The molecule has 2 heterocycles. The first kappa shape index (κ1) is 18.5. The highest BCUT2D eigenvalue weighted by atomic mass is 16.5. The van der Waals surface area contributed by atoms with Gasteiger partial charge in [-0.3, -0.25) is 9.78 Å². The first-order valence-corrected chi connectivity index (χ1v) is 10.0. The summed E-state index contributed by atoms with van der Waals surface area (Å²) in [4.78, 5) is 18.4. The Morgan fingerprint density at radius 1 is 1.11 bits per heavy atom. The SMILES string of the molecule is CCC(=O)N1CCC(Oc2ccc(-c3cnc4c(C)cccc4c3)cc2)CC1. The van der Waals surface area contributed by atoms with Crippen molar-refractivity contribution < 1.29 is 9.53 Å². The van der Waals surface area contributed by atoms with Gasteiger partial charge in [-0.1, -0.05) is 37.3 Å². The highest BCUT2D eigenvalue weighted by Crippen LogP contribution is 2.27. The Kier molecular flexibility index (Phi) is 5.29. The lowest BCUT2D eigenvalue weighted by Crippen LogP contribution is -2.41. The molecule has 4 rings (SSSR count). The summed E-state index contributed by atoms with van der Waals surface area (Å²) in [6.07, 6.45) is 4.47. The zero-order valence-corrected chi connectivity index (χ0v) is 16.5. The van der Waals surface area contributed by atoms with Gasteiger partial charge in [0.2, 0.25) is 5.91 Å². The van der Waals surface area contributed by atoms with Crippen LogP contribution in [0.1, 0.15) is 31.7 Å². The molecular weight excluding hydrogens is 348 g/mol. The van der Waals surface area contributed by atoms with Crippen LogP contribution in [0.5, 0.6) is 5.75 Å². The molecule has 1 aliphatic heterocycles. The molecular formula is C24H26N2O2. The fourth-order valence-electron chi connectivity index (χ4n) is 3.84. The minimum Gasteiger partial charge on any atom is -0.490 e. The molecule has 0 unspecified atom stereocenters. The van der Waals surface area contributed by atoms with Gasteiger partial charge in [0, 0.05) is 49.5 Å². The monoisotopic (exact) mass is 374 g/mol. The number of hydrogen-bond acceptors (Lipinski definition) is 3. The molecule has 0 bridgehead atoms. The predicted octanol–water partition coefficient (Wildman–Crippen LogP) is 4.99. The number of hydrogen-bond donors (Lipinski definition) is 0. The van der Waals surface area contributed by atoms with E-state index < -0.39 is 0 Å². The lowest BCUT2D eigenvalue weighted by atomic mass is 10.0. The topological polar surface area (TPSA) is 42.4 Å². The number of carbonyl (C=O) groups is 1. The molecule has 1 aliphatic rings. The fourth-order valence-corrected chi connectivity index (χ4v) is 3.84. The smallest absolute Gasteiger partial charge is 0.222 e. The Balaban J connectivity index is 1.43. The number of carbonyl (C=O) groups excluding carboxylic acids is 1. The van der Waals surface area contributed by atoms with Crippen LogP contribution in [0, 0.1) is 6.92 Å². The van der Waals surface area contributed by atoms with Crippen molar-refractivity contribution >= 4 is 16.8 Å². The van der Waals surface area contributed by atoms with Crippen LogP contribution in [0.3, 0.4) is 0 Å². The van der Waals surface area contributed by atoms with Gasteiger partial charge in [-0.05, 0) is 36.2 Å². The second kappa shape index (κ2) is 8.01. The van der Waals surface area contributed by atoms with Crippen LogP contribution >= 0.6 is 0 Å². The molecule has 1 fully saturated rings. The third-order valence-electron chi connectivity index (χ3n) is 5.50. The van der Waals surface area contributed by atoms with Gasteiger partial charge in [0.15, 0.2) is 0 Å². The van der Waals surface area contributed by atoms with E-state index in [0.717, 1.165) is 53.7 Å². The molecule has 0 atom stereocenters. The van der Waals surface area contributed by atoms with Crippen molar-refractivity contribution in [3.05, 3.63) is 60.3 Å². The van der Waals surface area contributed by atoms with Crippen molar-refractivity contribution in [1.82, 2.24) is 9.88 Å². The Hall–Kier alpha value is -2.88.